The van der Waals surface area contributed by atoms with Crippen molar-refractivity contribution in [1.82, 2.24) is 0 Å². The summed E-state index contributed by atoms with van der Waals surface area (Å²) in [4.78, 5) is 22.8. The lowest BCUT2D eigenvalue weighted by molar-refractivity contribution is -0.555. The maximum atomic E-state index is 12.1. The van der Waals surface area contributed by atoms with E-state index >= 15 is 0 Å². The molecule has 1 fully saturated rings. The van der Waals surface area contributed by atoms with Gasteiger partial charge in [0.05, 0.1) is 0 Å². The number of Topliss-reactive ketones (excluding diaryl/α,β-unsaturated/α-hetero) is 1. The molecule has 0 saturated heterocycles. The number of carbonyl (C=O) groups is 1. The standard InChI is InChI=1S/C11H17NO3/c1-4-6-11(12(14)15)8-5-7-10(2,3)9(11)13/h4H,1,5-8H2,2-3H3/t11-/m0/s1. The van der Waals surface area contributed by atoms with Gasteiger partial charge in [0, 0.05) is 23.2 Å². The average Bonchev–Trinajstić information content (AvgIpc) is 2.13. The number of nitro groups is 1. The van der Waals surface area contributed by atoms with Gasteiger partial charge in [-0.05, 0) is 12.8 Å². The normalized spacial score (nSPS) is 29.9. The largest absolute Gasteiger partial charge is 0.291 e. The van der Waals surface area contributed by atoms with Crippen LogP contribution in [0, 0.1) is 15.5 Å². The first-order chi connectivity index (χ1) is 6.87. The van der Waals surface area contributed by atoms with E-state index in [9.17, 15) is 14.9 Å². The van der Waals surface area contributed by atoms with E-state index in [4.69, 9.17) is 0 Å². The molecule has 0 spiro atoms. The monoisotopic (exact) mass is 211 g/mol. The summed E-state index contributed by atoms with van der Waals surface area (Å²) in [5.41, 5.74) is -1.99. The van der Waals surface area contributed by atoms with Crippen molar-refractivity contribution < 1.29 is 9.72 Å². The van der Waals surface area contributed by atoms with Crippen molar-refractivity contribution in [1.29, 1.82) is 0 Å². The lowest BCUT2D eigenvalue weighted by atomic mass is 9.66. The van der Waals surface area contributed by atoms with Crippen molar-refractivity contribution >= 4 is 5.78 Å². The van der Waals surface area contributed by atoms with E-state index in [1.54, 1.807) is 13.8 Å². The van der Waals surface area contributed by atoms with E-state index in [-0.39, 0.29) is 12.2 Å². The fourth-order valence-electron chi connectivity index (χ4n) is 2.36. The van der Waals surface area contributed by atoms with E-state index in [1.165, 1.54) is 6.08 Å². The van der Waals surface area contributed by atoms with Gasteiger partial charge >= 0.3 is 0 Å². The number of hydrogen-bond acceptors (Lipinski definition) is 3. The Morgan fingerprint density at radius 1 is 1.53 bits per heavy atom. The Bertz CT molecular complexity index is 309. The fraction of sp³-hybridized carbons (Fsp3) is 0.727. The highest BCUT2D eigenvalue weighted by atomic mass is 16.6. The highest BCUT2D eigenvalue weighted by Crippen LogP contribution is 2.41. The molecule has 0 aromatic heterocycles. The van der Waals surface area contributed by atoms with Gasteiger partial charge in [0.25, 0.3) is 5.54 Å². The molecule has 0 aromatic carbocycles. The molecule has 4 nitrogen and oxygen atoms in total. The van der Waals surface area contributed by atoms with Crippen LogP contribution in [0.2, 0.25) is 0 Å². The second-order valence-corrected chi connectivity index (χ2v) is 4.85. The van der Waals surface area contributed by atoms with Gasteiger partial charge in [0.15, 0.2) is 0 Å². The van der Waals surface area contributed by atoms with Gasteiger partial charge in [-0.15, -0.1) is 6.58 Å². The highest BCUT2D eigenvalue weighted by molar-refractivity contribution is 5.92. The summed E-state index contributed by atoms with van der Waals surface area (Å²) in [7, 11) is 0. The Morgan fingerprint density at radius 2 is 2.13 bits per heavy atom. The SMILES string of the molecule is C=CC[C@]1([N+](=O)[O-])CCCC(C)(C)C1=O. The Labute approximate surface area is 89.5 Å². The first kappa shape index (κ1) is 11.9. The van der Waals surface area contributed by atoms with Crippen LogP contribution in [0.15, 0.2) is 12.7 Å². The molecule has 0 heterocycles. The second-order valence-electron chi connectivity index (χ2n) is 4.85. The Balaban J connectivity index is 3.12. The average molecular weight is 211 g/mol. The molecular weight excluding hydrogens is 194 g/mol. The maximum Gasteiger partial charge on any atom is 0.283 e. The molecule has 0 aromatic rings. The van der Waals surface area contributed by atoms with Crippen molar-refractivity contribution in [3.63, 3.8) is 0 Å². The fourth-order valence-corrected chi connectivity index (χ4v) is 2.36. The Morgan fingerprint density at radius 3 is 2.60 bits per heavy atom. The molecule has 0 radical (unpaired) electrons. The van der Waals surface area contributed by atoms with Gasteiger partial charge in [-0.2, -0.15) is 0 Å². The topological polar surface area (TPSA) is 60.2 Å². The van der Waals surface area contributed by atoms with Crippen molar-refractivity contribution in [2.45, 2.75) is 45.1 Å². The van der Waals surface area contributed by atoms with Gasteiger partial charge in [0.2, 0.25) is 5.78 Å². The molecule has 0 amide bonds. The Hall–Kier alpha value is -1.19. The molecule has 4 heteroatoms. The third kappa shape index (κ3) is 1.80. The van der Waals surface area contributed by atoms with Crippen molar-refractivity contribution in [3.8, 4) is 0 Å². The minimum Gasteiger partial charge on any atom is -0.291 e. The van der Waals surface area contributed by atoms with Gasteiger partial charge in [0.1, 0.15) is 0 Å². The van der Waals surface area contributed by atoms with Crippen molar-refractivity contribution in [2.24, 2.45) is 5.41 Å². The first-order valence-electron chi connectivity index (χ1n) is 5.17. The number of nitrogens with zero attached hydrogens (tertiary/aromatic N) is 1. The summed E-state index contributed by atoms with van der Waals surface area (Å²) in [5, 5.41) is 11.1. The molecule has 1 atom stereocenters. The molecule has 1 aliphatic rings. The van der Waals surface area contributed by atoms with Crippen LogP contribution in [0.4, 0.5) is 0 Å². The number of hydrogen-bond donors (Lipinski definition) is 0. The zero-order valence-electron chi connectivity index (χ0n) is 9.28. The predicted octanol–water partition coefficient (Wildman–Crippen LogP) is 2.36. The third-order valence-electron chi connectivity index (χ3n) is 3.26. The van der Waals surface area contributed by atoms with Crippen LogP contribution in [-0.2, 0) is 4.79 Å². The minimum absolute atomic E-state index is 0.141. The van der Waals surface area contributed by atoms with E-state index in [0.717, 1.165) is 12.8 Å². The van der Waals surface area contributed by atoms with E-state index in [1.807, 2.05) is 0 Å². The summed E-state index contributed by atoms with van der Waals surface area (Å²) < 4.78 is 0. The summed E-state index contributed by atoms with van der Waals surface area (Å²) in [6.07, 6.45) is 3.42. The minimum atomic E-state index is -1.41. The summed E-state index contributed by atoms with van der Waals surface area (Å²) in [5.74, 6) is -0.244. The van der Waals surface area contributed by atoms with E-state index in [2.05, 4.69) is 6.58 Å². The van der Waals surface area contributed by atoms with Gasteiger partial charge in [-0.1, -0.05) is 19.9 Å². The van der Waals surface area contributed by atoms with Crippen molar-refractivity contribution in [3.05, 3.63) is 22.8 Å². The van der Waals surface area contributed by atoms with Crippen LogP contribution in [0.25, 0.3) is 0 Å². The molecule has 0 aliphatic heterocycles. The molecule has 1 aliphatic carbocycles. The molecule has 0 unspecified atom stereocenters. The second kappa shape index (κ2) is 3.76. The lowest BCUT2D eigenvalue weighted by Crippen LogP contribution is -2.54. The van der Waals surface area contributed by atoms with Crippen LogP contribution in [-0.4, -0.2) is 16.2 Å². The summed E-state index contributed by atoms with van der Waals surface area (Å²) in [6, 6.07) is 0. The highest BCUT2D eigenvalue weighted by Gasteiger charge is 2.56. The lowest BCUT2D eigenvalue weighted by Gasteiger charge is -2.36. The molecule has 1 rings (SSSR count). The predicted molar refractivity (Wildman–Crippen MR) is 57.2 cm³/mol. The molecule has 15 heavy (non-hydrogen) atoms. The zero-order valence-corrected chi connectivity index (χ0v) is 9.28. The molecule has 84 valence electrons. The maximum absolute atomic E-state index is 12.1. The summed E-state index contributed by atoms with van der Waals surface area (Å²) >= 11 is 0. The van der Waals surface area contributed by atoms with Crippen LogP contribution in [0.5, 0.6) is 0 Å². The van der Waals surface area contributed by atoms with Crippen LogP contribution < -0.4 is 0 Å². The van der Waals surface area contributed by atoms with Crippen LogP contribution in [0.1, 0.15) is 39.5 Å². The smallest absolute Gasteiger partial charge is 0.283 e. The van der Waals surface area contributed by atoms with Gasteiger partial charge in [-0.25, -0.2) is 0 Å². The molecule has 0 N–H and O–H groups in total. The first-order valence-corrected chi connectivity index (χ1v) is 5.17. The van der Waals surface area contributed by atoms with E-state index in [0.29, 0.717) is 6.42 Å². The van der Waals surface area contributed by atoms with E-state index < -0.39 is 15.9 Å². The van der Waals surface area contributed by atoms with Gasteiger partial charge < -0.3 is 0 Å². The quantitative estimate of drug-likeness (QED) is 0.409. The molecular formula is C11H17NO3. The molecule has 1 saturated carbocycles. The molecule has 0 bridgehead atoms. The third-order valence-corrected chi connectivity index (χ3v) is 3.26. The summed E-state index contributed by atoms with van der Waals surface area (Å²) in [6.45, 7) is 7.08. The van der Waals surface area contributed by atoms with Crippen LogP contribution in [0.3, 0.4) is 0 Å². The zero-order chi connectivity index (χ0) is 11.7. The Kier molecular flexibility index (Phi) is 2.98. The number of rotatable bonds is 3. The number of ketones is 1. The van der Waals surface area contributed by atoms with Gasteiger partial charge in [-0.3, -0.25) is 14.9 Å². The number of carbonyl (C=O) groups excluding carboxylic acids is 1. The van der Waals surface area contributed by atoms with Crippen LogP contribution >= 0.6 is 0 Å². The van der Waals surface area contributed by atoms with Crippen molar-refractivity contribution in [2.75, 3.05) is 0 Å².